The van der Waals surface area contributed by atoms with Crippen molar-refractivity contribution in [1.29, 1.82) is 0 Å². The highest BCUT2D eigenvalue weighted by molar-refractivity contribution is 7.80. The van der Waals surface area contributed by atoms with Crippen molar-refractivity contribution >= 4 is 36.3 Å². The van der Waals surface area contributed by atoms with E-state index in [0.29, 0.717) is 5.06 Å². The summed E-state index contributed by atoms with van der Waals surface area (Å²) < 4.78 is 0. The molecule has 1 heterocycles. The van der Waals surface area contributed by atoms with E-state index in [-0.39, 0.29) is 18.6 Å². The van der Waals surface area contributed by atoms with Crippen molar-refractivity contribution < 1.29 is 24.0 Å². The average Bonchev–Trinajstić information content (AvgIpc) is 2.57. The third-order valence-corrected chi connectivity index (χ3v) is 2.40. The molecule has 1 saturated heterocycles. The fraction of sp³-hybridized carbons (Fsp3) is 0.556. The van der Waals surface area contributed by atoms with Gasteiger partial charge in [0.25, 0.3) is 11.8 Å². The number of hydroxylamine groups is 2. The van der Waals surface area contributed by atoms with Gasteiger partial charge in [-0.2, -0.15) is 12.6 Å². The standard InChI is InChI=1S/C9H12N2O5S/c1-5(12)10-6(4-17)9(15)16-11-7(13)2-3-8(11)14/h6,17H,2-4H2,1H3,(H,10,12)/t6-/m0/s1. The van der Waals surface area contributed by atoms with Crippen molar-refractivity contribution in [2.45, 2.75) is 25.8 Å². The molecule has 0 aromatic rings. The summed E-state index contributed by atoms with van der Waals surface area (Å²) in [6.07, 6.45) is 0.0512. The van der Waals surface area contributed by atoms with Crippen LogP contribution >= 0.6 is 12.6 Å². The van der Waals surface area contributed by atoms with E-state index in [4.69, 9.17) is 0 Å². The first-order valence-corrected chi connectivity index (χ1v) is 5.54. The summed E-state index contributed by atoms with van der Waals surface area (Å²) in [5.41, 5.74) is 0. The van der Waals surface area contributed by atoms with E-state index in [1.54, 1.807) is 0 Å². The van der Waals surface area contributed by atoms with Crippen LogP contribution in [0.1, 0.15) is 19.8 Å². The number of nitrogens with zero attached hydrogens (tertiary/aromatic N) is 1. The van der Waals surface area contributed by atoms with E-state index in [1.807, 2.05) is 0 Å². The average molecular weight is 260 g/mol. The second kappa shape index (κ2) is 5.67. The molecule has 1 fully saturated rings. The van der Waals surface area contributed by atoms with Crippen molar-refractivity contribution in [3.63, 3.8) is 0 Å². The van der Waals surface area contributed by atoms with Crippen molar-refractivity contribution in [2.24, 2.45) is 0 Å². The Morgan fingerprint density at radius 2 is 1.94 bits per heavy atom. The van der Waals surface area contributed by atoms with Gasteiger partial charge in [0, 0.05) is 25.5 Å². The van der Waals surface area contributed by atoms with Crippen molar-refractivity contribution in [2.75, 3.05) is 5.75 Å². The summed E-state index contributed by atoms with van der Waals surface area (Å²) in [6, 6.07) is -0.989. The number of thiol groups is 1. The Morgan fingerprint density at radius 1 is 1.41 bits per heavy atom. The van der Waals surface area contributed by atoms with Crippen LogP contribution in [-0.2, 0) is 24.0 Å². The normalized spacial score (nSPS) is 16.9. The molecule has 0 aliphatic carbocycles. The van der Waals surface area contributed by atoms with E-state index in [0.717, 1.165) is 0 Å². The number of hydrogen-bond acceptors (Lipinski definition) is 6. The number of hydrogen-bond donors (Lipinski definition) is 2. The molecule has 0 bridgehead atoms. The van der Waals surface area contributed by atoms with Crippen LogP contribution in [0.3, 0.4) is 0 Å². The summed E-state index contributed by atoms with van der Waals surface area (Å²) >= 11 is 3.87. The van der Waals surface area contributed by atoms with Crippen LogP contribution in [0.25, 0.3) is 0 Å². The van der Waals surface area contributed by atoms with Crippen LogP contribution in [0.2, 0.25) is 0 Å². The van der Waals surface area contributed by atoms with Crippen molar-refractivity contribution in [3.05, 3.63) is 0 Å². The van der Waals surface area contributed by atoms with Crippen LogP contribution < -0.4 is 5.32 Å². The molecule has 7 nitrogen and oxygen atoms in total. The van der Waals surface area contributed by atoms with E-state index in [2.05, 4.69) is 22.8 Å². The van der Waals surface area contributed by atoms with Gasteiger partial charge in [0.15, 0.2) is 0 Å². The monoisotopic (exact) mass is 260 g/mol. The summed E-state index contributed by atoms with van der Waals surface area (Å²) in [7, 11) is 0. The molecule has 8 heteroatoms. The van der Waals surface area contributed by atoms with E-state index in [9.17, 15) is 19.2 Å². The van der Waals surface area contributed by atoms with Gasteiger partial charge >= 0.3 is 5.97 Å². The van der Waals surface area contributed by atoms with Gasteiger partial charge in [0.2, 0.25) is 5.91 Å². The fourth-order valence-corrected chi connectivity index (χ4v) is 1.48. The number of nitrogens with one attached hydrogen (secondary N) is 1. The zero-order valence-corrected chi connectivity index (χ0v) is 10.0. The predicted molar refractivity (Wildman–Crippen MR) is 58.6 cm³/mol. The highest BCUT2D eigenvalue weighted by Crippen LogP contribution is 2.12. The minimum Gasteiger partial charge on any atom is -0.342 e. The molecule has 0 aromatic carbocycles. The lowest BCUT2D eigenvalue weighted by atomic mass is 10.3. The molecule has 0 saturated carbocycles. The van der Waals surface area contributed by atoms with Gasteiger partial charge in [0.1, 0.15) is 6.04 Å². The molecule has 3 amide bonds. The molecule has 1 rings (SSSR count). The lowest BCUT2D eigenvalue weighted by Crippen LogP contribution is -2.45. The minimum atomic E-state index is -0.989. The quantitative estimate of drug-likeness (QED) is 0.501. The van der Waals surface area contributed by atoms with Gasteiger partial charge in [-0.15, -0.1) is 5.06 Å². The lowest BCUT2D eigenvalue weighted by molar-refractivity contribution is -0.198. The molecule has 0 unspecified atom stereocenters. The molecule has 1 atom stereocenters. The van der Waals surface area contributed by atoms with E-state index < -0.39 is 29.7 Å². The Balaban J connectivity index is 2.60. The topological polar surface area (TPSA) is 92.8 Å². The van der Waals surface area contributed by atoms with Crippen LogP contribution in [0.4, 0.5) is 0 Å². The lowest BCUT2D eigenvalue weighted by Gasteiger charge is -2.17. The van der Waals surface area contributed by atoms with Gasteiger partial charge in [-0.05, 0) is 0 Å². The molecule has 1 N–H and O–H groups in total. The Morgan fingerprint density at radius 3 is 2.35 bits per heavy atom. The maximum atomic E-state index is 11.5. The largest absolute Gasteiger partial charge is 0.356 e. The van der Waals surface area contributed by atoms with Gasteiger partial charge in [-0.1, -0.05) is 0 Å². The van der Waals surface area contributed by atoms with E-state index >= 15 is 0 Å². The Kier molecular flexibility index (Phi) is 4.50. The summed E-state index contributed by atoms with van der Waals surface area (Å²) in [5, 5.41) is 2.72. The first-order chi connectivity index (χ1) is 7.95. The zero-order chi connectivity index (χ0) is 13.0. The fourth-order valence-electron chi connectivity index (χ4n) is 1.24. The number of amides is 3. The molecular weight excluding hydrogens is 248 g/mol. The smallest absolute Gasteiger partial charge is 0.342 e. The number of carbonyl (C=O) groups is 4. The summed E-state index contributed by atoms with van der Waals surface area (Å²) in [6.45, 7) is 1.23. The van der Waals surface area contributed by atoms with Gasteiger partial charge in [-0.25, -0.2) is 4.79 Å². The molecule has 0 radical (unpaired) electrons. The minimum absolute atomic E-state index is 0.00857. The molecular formula is C9H12N2O5S. The van der Waals surface area contributed by atoms with Crippen LogP contribution in [0.15, 0.2) is 0 Å². The Labute approximate surface area is 103 Å². The summed E-state index contributed by atoms with van der Waals surface area (Å²) in [5.74, 6) is -2.44. The molecule has 17 heavy (non-hydrogen) atoms. The molecule has 0 aromatic heterocycles. The number of carbonyl (C=O) groups excluding carboxylic acids is 4. The van der Waals surface area contributed by atoms with Crippen molar-refractivity contribution in [1.82, 2.24) is 10.4 Å². The van der Waals surface area contributed by atoms with Crippen LogP contribution in [0, 0.1) is 0 Å². The molecule has 1 aliphatic heterocycles. The number of imide groups is 1. The second-order valence-electron chi connectivity index (χ2n) is 3.43. The highest BCUT2D eigenvalue weighted by Gasteiger charge is 2.34. The SMILES string of the molecule is CC(=O)N[C@@H](CS)C(=O)ON1C(=O)CCC1=O. The first kappa shape index (κ1) is 13.5. The second-order valence-corrected chi connectivity index (χ2v) is 3.79. The van der Waals surface area contributed by atoms with Gasteiger partial charge in [-0.3, -0.25) is 14.4 Å². The maximum Gasteiger partial charge on any atom is 0.356 e. The number of rotatable bonds is 4. The third kappa shape index (κ3) is 3.45. The molecule has 94 valence electrons. The zero-order valence-electron chi connectivity index (χ0n) is 9.13. The third-order valence-electron chi connectivity index (χ3n) is 2.03. The van der Waals surface area contributed by atoms with Crippen LogP contribution in [-0.4, -0.2) is 40.5 Å². The Bertz CT molecular complexity index is 354. The Hall–Kier alpha value is -1.57. The first-order valence-electron chi connectivity index (χ1n) is 4.91. The van der Waals surface area contributed by atoms with Gasteiger partial charge in [0.05, 0.1) is 0 Å². The maximum absolute atomic E-state index is 11.5. The van der Waals surface area contributed by atoms with Gasteiger partial charge < -0.3 is 10.2 Å². The molecule has 0 spiro atoms. The van der Waals surface area contributed by atoms with Crippen LogP contribution in [0.5, 0.6) is 0 Å². The molecule has 1 aliphatic rings. The highest BCUT2D eigenvalue weighted by atomic mass is 32.1. The predicted octanol–water partition coefficient (Wildman–Crippen LogP) is -0.972. The van der Waals surface area contributed by atoms with E-state index in [1.165, 1.54) is 6.92 Å². The van der Waals surface area contributed by atoms with Crippen molar-refractivity contribution in [3.8, 4) is 0 Å². The summed E-state index contributed by atoms with van der Waals surface area (Å²) in [4.78, 5) is 49.3.